The van der Waals surface area contributed by atoms with Gasteiger partial charge < -0.3 is 15.2 Å². The van der Waals surface area contributed by atoms with E-state index in [9.17, 15) is 0 Å². The molecule has 1 aliphatic rings. The molecule has 0 amide bonds. The first kappa shape index (κ1) is 16.7. The van der Waals surface area contributed by atoms with Crippen LogP contribution in [0.5, 0.6) is 0 Å². The lowest BCUT2D eigenvalue weighted by Crippen LogP contribution is -2.48. The number of nitrogens with one attached hydrogen (secondary N) is 2. The molecule has 0 aliphatic carbocycles. The van der Waals surface area contributed by atoms with Crippen molar-refractivity contribution in [2.24, 2.45) is 5.92 Å². The Morgan fingerprint density at radius 1 is 1.55 bits per heavy atom. The average Bonchev–Trinajstić information content (AvgIpc) is 2.99. The maximum atomic E-state index is 4.33. The van der Waals surface area contributed by atoms with E-state index in [0.717, 1.165) is 42.9 Å². The summed E-state index contributed by atoms with van der Waals surface area (Å²) < 4.78 is 0. The molecule has 2 N–H and O–H groups in total. The van der Waals surface area contributed by atoms with Gasteiger partial charge in [0, 0.05) is 43.2 Å². The molecule has 2 rings (SSSR count). The molecule has 3 heteroatoms. The molecule has 1 fully saturated rings. The van der Waals surface area contributed by atoms with Gasteiger partial charge in [-0.2, -0.15) is 0 Å². The molecule has 1 saturated heterocycles. The van der Waals surface area contributed by atoms with Crippen LogP contribution in [0.2, 0.25) is 0 Å². The van der Waals surface area contributed by atoms with E-state index in [1.54, 1.807) is 0 Å². The molecule has 1 aliphatic heterocycles. The van der Waals surface area contributed by atoms with Crippen molar-refractivity contribution in [3.8, 4) is 0 Å². The minimum absolute atomic E-state index is 0.503. The van der Waals surface area contributed by atoms with E-state index in [0.29, 0.717) is 12.0 Å². The van der Waals surface area contributed by atoms with Gasteiger partial charge in [0.05, 0.1) is 5.69 Å². The maximum absolute atomic E-state index is 4.33. The number of unbranched alkanes of at least 4 members (excludes halogenated alkanes) is 1. The zero-order valence-corrected chi connectivity index (χ0v) is 14.2. The molecule has 22 heavy (non-hydrogen) atoms. The fraction of sp³-hybridized carbons (Fsp3) is 0.526. The van der Waals surface area contributed by atoms with Crippen LogP contribution < -0.4 is 5.32 Å². The number of likely N-dealkylation sites (N-methyl/N-ethyl adjacent to an activating group) is 1. The van der Waals surface area contributed by atoms with Gasteiger partial charge in [-0.1, -0.05) is 26.8 Å². The average molecular weight is 299 g/mol. The second-order valence-corrected chi connectivity index (χ2v) is 6.20. The minimum Gasteiger partial charge on any atom is -0.370 e. The third-order valence-electron chi connectivity index (χ3n) is 4.58. The number of aromatic amines is 1. The molecule has 2 heterocycles. The highest BCUT2D eigenvalue weighted by molar-refractivity contribution is 5.70. The summed E-state index contributed by atoms with van der Waals surface area (Å²) >= 11 is 0. The summed E-state index contributed by atoms with van der Waals surface area (Å²) in [5.41, 5.74) is 6.58. The van der Waals surface area contributed by atoms with E-state index in [2.05, 4.69) is 60.5 Å². The largest absolute Gasteiger partial charge is 0.370 e. The smallest absolute Gasteiger partial charge is 0.0552 e. The Labute approximate surface area is 134 Å². The Kier molecular flexibility index (Phi) is 6.11. The van der Waals surface area contributed by atoms with Crippen LogP contribution in [0, 0.1) is 5.92 Å². The van der Waals surface area contributed by atoms with Crippen molar-refractivity contribution < 1.29 is 0 Å². The summed E-state index contributed by atoms with van der Waals surface area (Å²) in [5.74, 6) is 0.686. The molecule has 2 atom stereocenters. The van der Waals surface area contributed by atoms with Gasteiger partial charge in [0.15, 0.2) is 0 Å². The Morgan fingerprint density at radius 3 is 3.09 bits per heavy atom. The molecule has 1 aromatic heterocycles. The Hall–Kier alpha value is -1.70. The summed E-state index contributed by atoms with van der Waals surface area (Å²) in [7, 11) is 2.16. The normalized spacial score (nSPS) is 21.0. The molecule has 2 unspecified atom stereocenters. The van der Waals surface area contributed by atoms with E-state index in [1.807, 2.05) is 12.3 Å². The number of H-pyrrole nitrogens is 1. The van der Waals surface area contributed by atoms with E-state index < -0.39 is 0 Å². The summed E-state index contributed by atoms with van der Waals surface area (Å²) in [6.07, 6.45) is 9.53. The highest BCUT2D eigenvalue weighted by Crippen LogP contribution is 2.26. The third kappa shape index (κ3) is 3.94. The van der Waals surface area contributed by atoms with E-state index in [4.69, 9.17) is 0 Å². The molecule has 0 saturated carbocycles. The number of nitrogens with zero attached hydrogens (tertiary/aromatic N) is 1. The van der Waals surface area contributed by atoms with Crippen molar-refractivity contribution in [2.75, 3.05) is 20.1 Å². The molecular weight excluding hydrogens is 270 g/mol. The van der Waals surface area contributed by atoms with Gasteiger partial charge in [0.1, 0.15) is 0 Å². The summed E-state index contributed by atoms with van der Waals surface area (Å²) in [6, 6.07) is 2.61. The predicted molar refractivity (Wildman–Crippen MR) is 95.5 cm³/mol. The van der Waals surface area contributed by atoms with Gasteiger partial charge in [-0.15, -0.1) is 5.73 Å². The number of hydrogen-bond donors (Lipinski definition) is 2. The van der Waals surface area contributed by atoms with Crippen molar-refractivity contribution in [3.05, 3.63) is 41.9 Å². The molecule has 3 nitrogen and oxygen atoms in total. The van der Waals surface area contributed by atoms with Crippen molar-refractivity contribution in [1.82, 2.24) is 15.2 Å². The second kappa shape index (κ2) is 8.07. The molecule has 0 radical (unpaired) electrons. The standard InChI is InChI=1S/C19H29N3/c1-5-6-7-8-9-18-17(11-13-21-18)16(3)22(4)19-14-20-12-10-15(19)2/h7,9,11,13,15,19-21H,3,5-6,10,12,14H2,1-2,4H3. The first-order valence-electron chi connectivity index (χ1n) is 8.36. The van der Waals surface area contributed by atoms with Gasteiger partial charge in [-0.25, -0.2) is 0 Å². The van der Waals surface area contributed by atoms with Crippen LogP contribution in [0.25, 0.3) is 11.8 Å². The minimum atomic E-state index is 0.503. The van der Waals surface area contributed by atoms with Crippen LogP contribution in [-0.2, 0) is 0 Å². The van der Waals surface area contributed by atoms with Crippen LogP contribution >= 0.6 is 0 Å². The van der Waals surface area contributed by atoms with Crippen LogP contribution in [0.4, 0.5) is 0 Å². The molecule has 1 aromatic rings. The first-order valence-corrected chi connectivity index (χ1v) is 8.36. The second-order valence-electron chi connectivity index (χ2n) is 6.20. The summed E-state index contributed by atoms with van der Waals surface area (Å²) in [5, 5.41) is 3.49. The lowest BCUT2D eigenvalue weighted by Gasteiger charge is -2.39. The molecular formula is C19H29N3. The van der Waals surface area contributed by atoms with Crippen LogP contribution in [0.1, 0.15) is 44.4 Å². The fourth-order valence-corrected chi connectivity index (χ4v) is 3.01. The molecule has 120 valence electrons. The fourth-order valence-electron chi connectivity index (χ4n) is 3.01. The number of aromatic nitrogens is 1. The highest BCUT2D eigenvalue weighted by Gasteiger charge is 2.26. The monoisotopic (exact) mass is 299 g/mol. The van der Waals surface area contributed by atoms with E-state index in [-0.39, 0.29) is 0 Å². The van der Waals surface area contributed by atoms with E-state index >= 15 is 0 Å². The first-order chi connectivity index (χ1) is 10.6. The van der Waals surface area contributed by atoms with Crippen LogP contribution in [0.3, 0.4) is 0 Å². The Bertz CT molecular complexity index is 549. The Morgan fingerprint density at radius 2 is 2.36 bits per heavy atom. The number of rotatable bonds is 6. The van der Waals surface area contributed by atoms with Crippen molar-refractivity contribution in [1.29, 1.82) is 0 Å². The quantitative estimate of drug-likeness (QED) is 0.781. The SMILES string of the molecule is C=C(c1cc[nH]c1C=C=CCCC)N(C)C1CNCCC1C. The number of allylic oxidation sites excluding steroid dienone is 1. The zero-order valence-electron chi connectivity index (χ0n) is 14.2. The topological polar surface area (TPSA) is 31.1 Å². The summed E-state index contributed by atoms with van der Waals surface area (Å²) in [6.45, 7) is 11.0. The predicted octanol–water partition coefficient (Wildman–Crippen LogP) is 3.88. The lowest BCUT2D eigenvalue weighted by molar-refractivity contribution is 0.211. The van der Waals surface area contributed by atoms with Crippen molar-refractivity contribution >= 4 is 11.8 Å². The number of hydrogen-bond acceptors (Lipinski definition) is 2. The van der Waals surface area contributed by atoms with Crippen molar-refractivity contribution in [3.63, 3.8) is 0 Å². The molecule has 0 bridgehead atoms. The molecule has 0 spiro atoms. The lowest BCUT2D eigenvalue weighted by atomic mass is 9.93. The van der Waals surface area contributed by atoms with E-state index in [1.165, 1.54) is 6.42 Å². The Balaban J connectivity index is 2.12. The number of piperidine rings is 1. The van der Waals surface area contributed by atoms with Crippen molar-refractivity contribution in [2.45, 2.75) is 39.2 Å². The van der Waals surface area contributed by atoms with Crippen LogP contribution in [0.15, 0.2) is 30.6 Å². The van der Waals surface area contributed by atoms with Gasteiger partial charge in [-0.3, -0.25) is 0 Å². The van der Waals surface area contributed by atoms with Gasteiger partial charge in [0.25, 0.3) is 0 Å². The highest BCUT2D eigenvalue weighted by atomic mass is 15.2. The van der Waals surface area contributed by atoms with Gasteiger partial charge in [0.2, 0.25) is 0 Å². The van der Waals surface area contributed by atoms with Gasteiger partial charge >= 0.3 is 0 Å². The maximum Gasteiger partial charge on any atom is 0.0552 e. The van der Waals surface area contributed by atoms with Crippen LogP contribution in [-0.4, -0.2) is 36.1 Å². The zero-order chi connectivity index (χ0) is 15.9. The third-order valence-corrected chi connectivity index (χ3v) is 4.58. The molecule has 0 aromatic carbocycles. The van der Waals surface area contributed by atoms with Gasteiger partial charge in [-0.05, 0) is 37.4 Å². The summed E-state index contributed by atoms with van der Waals surface area (Å²) in [4.78, 5) is 5.62.